The lowest BCUT2D eigenvalue weighted by atomic mass is 10.1. The van der Waals surface area contributed by atoms with Crippen molar-refractivity contribution >= 4 is 11.8 Å². The molecule has 1 atom stereocenters. The van der Waals surface area contributed by atoms with Gasteiger partial charge in [0.15, 0.2) is 0 Å². The van der Waals surface area contributed by atoms with Crippen LogP contribution in [0.5, 0.6) is 0 Å². The van der Waals surface area contributed by atoms with Crippen LogP contribution in [-0.2, 0) is 0 Å². The van der Waals surface area contributed by atoms with E-state index in [4.69, 9.17) is 11.1 Å². The Hall–Kier alpha value is -1.69. The number of rotatable bonds is 3. The second-order valence-electron chi connectivity index (χ2n) is 4.64. The first-order chi connectivity index (χ1) is 8.61. The van der Waals surface area contributed by atoms with Crippen molar-refractivity contribution in [1.29, 1.82) is 5.41 Å². The molecule has 0 spiro atoms. The van der Waals surface area contributed by atoms with Crippen molar-refractivity contribution in [3.05, 3.63) is 18.0 Å². The first kappa shape index (κ1) is 12.8. The summed E-state index contributed by atoms with van der Waals surface area (Å²) in [4.78, 5) is 13.2. The molecule has 1 fully saturated rings. The number of likely N-dealkylation sites (N-methyl/N-ethyl adjacent to an activating group) is 1. The van der Waals surface area contributed by atoms with E-state index in [1.807, 2.05) is 0 Å². The van der Waals surface area contributed by atoms with E-state index in [-0.39, 0.29) is 5.84 Å². The van der Waals surface area contributed by atoms with Gasteiger partial charge in [-0.15, -0.1) is 0 Å². The van der Waals surface area contributed by atoms with Crippen molar-refractivity contribution in [3.8, 4) is 0 Å². The van der Waals surface area contributed by atoms with Crippen LogP contribution in [-0.4, -0.2) is 53.4 Å². The highest BCUT2D eigenvalue weighted by Gasteiger charge is 2.24. The van der Waals surface area contributed by atoms with E-state index >= 15 is 0 Å². The van der Waals surface area contributed by atoms with Gasteiger partial charge < -0.3 is 10.6 Å². The number of nitrogens with two attached hydrogens (primary N) is 1. The van der Waals surface area contributed by atoms with Gasteiger partial charge in [0.25, 0.3) is 0 Å². The number of piperazine rings is 1. The summed E-state index contributed by atoms with van der Waals surface area (Å²) in [5, 5.41) is 7.41. The Balaban J connectivity index is 2.16. The molecule has 6 heteroatoms. The monoisotopic (exact) mass is 248 g/mol. The Morgan fingerprint density at radius 1 is 1.56 bits per heavy atom. The van der Waals surface area contributed by atoms with E-state index in [0.29, 0.717) is 17.7 Å². The molecule has 0 radical (unpaired) electrons. The Morgan fingerprint density at radius 2 is 2.33 bits per heavy atom. The smallest absolute Gasteiger partial charge is 0.226 e. The van der Waals surface area contributed by atoms with Crippen LogP contribution in [0.15, 0.2) is 12.3 Å². The molecule has 2 rings (SSSR count). The second-order valence-corrected chi connectivity index (χ2v) is 4.64. The number of aromatic nitrogens is 2. The predicted molar refractivity (Wildman–Crippen MR) is 72.0 cm³/mol. The number of nitrogens with zero attached hydrogens (tertiary/aromatic N) is 4. The minimum Gasteiger partial charge on any atom is -0.382 e. The highest BCUT2D eigenvalue weighted by atomic mass is 15.3. The molecule has 1 unspecified atom stereocenters. The number of amidine groups is 1. The summed E-state index contributed by atoms with van der Waals surface area (Å²) >= 11 is 0. The molecule has 1 aliphatic heterocycles. The molecule has 98 valence electrons. The third-order valence-corrected chi connectivity index (χ3v) is 3.45. The summed E-state index contributed by atoms with van der Waals surface area (Å²) in [7, 11) is 2.15. The quantitative estimate of drug-likeness (QED) is 0.593. The Labute approximate surface area is 107 Å². The Bertz CT molecular complexity index is 432. The lowest BCUT2D eigenvalue weighted by molar-refractivity contribution is 0.212. The first-order valence-electron chi connectivity index (χ1n) is 6.24. The summed E-state index contributed by atoms with van der Waals surface area (Å²) in [6, 6.07) is 2.20. The third kappa shape index (κ3) is 2.59. The van der Waals surface area contributed by atoms with Crippen molar-refractivity contribution in [2.45, 2.75) is 19.4 Å². The van der Waals surface area contributed by atoms with Crippen molar-refractivity contribution < 1.29 is 0 Å². The fraction of sp³-hybridized carbons (Fsp3) is 0.583. The number of anilines is 1. The normalized spacial score (nSPS) is 21.0. The zero-order valence-electron chi connectivity index (χ0n) is 10.9. The van der Waals surface area contributed by atoms with Crippen LogP contribution in [0.25, 0.3) is 0 Å². The summed E-state index contributed by atoms with van der Waals surface area (Å²) in [5.41, 5.74) is 5.95. The van der Waals surface area contributed by atoms with E-state index in [1.54, 1.807) is 12.3 Å². The lowest BCUT2D eigenvalue weighted by Gasteiger charge is -2.39. The van der Waals surface area contributed by atoms with Crippen molar-refractivity contribution in [2.75, 3.05) is 31.6 Å². The Morgan fingerprint density at radius 3 is 3.00 bits per heavy atom. The molecule has 3 N–H and O–H groups in total. The summed E-state index contributed by atoms with van der Waals surface area (Å²) in [6.45, 7) is 5.03. The third-order valence-electron chi connectivity index (χ3n) is 3.45. The van der Waals surface area contributed by atoms with Crippen LogP contribution in [0, 0.1) is 5.41 Å². The average molecular weight is 248 g/mol. The van der Waals surface area contributed by atoms with Crippen molar-refractivity contribution in [3.63, 3.8) is 0 Å². The van der Waals surface area contributed by atoms with Gasteiger partial charge in [0.05, 0.1) is 0 Å². The molecule has 1 aromatic rings. The standard InChI is InChI=1S/C12H20N6/c1-3-9-8-18(7-6-17(9)2)12-15-5-4-10(16-12)11(13)14/h4-5,9H,3,6-8H2,1-2H3,(H3,13,14). The zero-order valence-corrected chi connectivity index (χ0v) is 10.9. The molecule has 6 nitrogen and oxygen atoms in total. The van der Waals surface area contributed by atoms with Crippen LogP contribution < -0.4 is 10.6 Å². The fourth-order valence-electron chi connectivity index (χ4n) is 2.22. The van der Waals surface area contributed by atoms with Gasteiger partial charge in [-0.25, -0.2) is 9.97 Å². The van der Waals surface area contributed by atoms with Crippen molar-refractivity contribution in [2.24, 2.45) is 5.73 Å². The van der Waals surface area contributed by atoms with Crippen LogP contribution >= 0.6 is 0 Å². The van der Waals surface area contributed by atoms with Crippen molar-refractivity contribution in [1.82, 2.24) is 14.9 Å². The number of nitrogen functional groups attached to an aromatic ring is 1. The van der Waals surface area contributed by atoms with Gasteiger partial charge in [0.1, 0.15) is 11.5 Å². The fourth-order valence-corrected chi connectivity index (χ4v) is 2.22. The molecule has 1 aliphatic rings. The number of hydrogen-bond acceptors (Lipinski definition) is 5. The summed E-state index contributed by atoms with van der Waals surface area (Å²) in [6.07, 6.45) is 2.78. The summed E-state index contributed by atoms with van der Waals surface area (Å²) in [5.74, 6) is 0.661. The predicted octanol–water partition coefficient (Wildman–Crippen LogP) is 0.291. The van der Waals surface area contributed by atoms with Gasteiger partial charge in [-0.1, -0.05) is 6.92 Å². The minimum atomic E-state index is -0.0141. The second kappa shape index (κ2) is 5.30. The highest BCUT2D eigenvalue weighted by molar-refractivity contribution is 5.93. The topological polar surface area (TPSA) is 82.1 Å². The number of nitrogens with one attached hydrogen (secondary N) is 1. The molecule has 0 aliphatic carbocycles. The maximum atomic E-state index is 7.41. The van der Waals surface area contributed by atoms with Crippen LogP contribution in [0.3, 0.4) is 0 Å². The molecule has 0 bridgehead atoms. The lowest BCUT2D eigenvalue weighted by Crippen LogP contribution is -2.51. The zero-order chi connectivity index (χ0) is 13.1. The largest absolute Gasteiger partial charge is 0.382 e. The average Bonchev–Trinajstić information content (AvgIpc) is 2.39. The highest BCUT2D eigenvalue weighted by Crippen LogP contribution is 2.15. The Kier molecular flexibility index (Phi) is 3.76. The molecular weight excluding hydrogens is 228 g/mol. The molecule has 0 saturated carbocycles. The van der Waals surface area contributed by atoms with Crippen LogP contribution in [0.2, 0.25) is 0 Å². The number of hydrogen-bond donors (Lipinski definition) is 2. The molecule has 18 heavy (non-hydrogen) atoms. The van der Waals surface area contributed by atoms with E-state index in [1.165, 1.54) is 0 Å². The SMILES string of the molecule is CCC1CN(c2nccc(C(=N)N)n2)CCN1C. The van der Waals surface area contributed by atoms with Crippen LogP contribution in [0.4, 0.5) is 5.95 Å². The minimum absolute atomic E-state index is 0.0141. The summed E-state index contributed by atoms with van der Waals surface area (Å²) < 4.78 is 0. The van der Waals surface area contributed by atoms with Gasteiger partial charge in [-0.2, -0.15) is 0 Å². The first-order valence-corrected chi connectivity index (χ1v) is 6.24. The molecule has 0 aromatic carbocycles. The molecule has 0 amide bonds. The van der Waals surface area contributed by atoms with E-state index in [2.05, 4.69) is 33.7 Å². The van der Waals surface area contributed by atoms with Crippen LogP contribution in [0.1, 0.15) is 19.0 Å². The molecule has 2 heterocycles. The van der Waals surface area contributed by atoms with Gasteiger partial charge in [0, 0.05) is 31.9 Å². The van der Waals surface area contributed by atoms with Gasteiger partial charge in [-0.3, -0.25) is 10.3 Å². The van der Waals surface area contributed by atoms with Gasteiger partial charge in [-0.05, 0) is 19.5 Å². The molecule has 1 saturated heterocycles. The maximum Gasteiger partial charge on any atom is 0.226 e. The van der Waals surface area contributed by atoms with E-state index in [9.17, 15) is 0 Å². The van der Waals surface area contributed by atoms with Gasteiger partial charge >= 0.3 is 0 Å². The molecular formula is C12H20N6. The van der Waals surface area contributed by atoms with E-state index in [0.717, 1.165) is 26.1 Å². The van der Waals surface area contributed by atoms with E-state index < -0.39 is 0 Å². The van der Waals surface area contributed by atoms with Gasteiger partial charge in [0.2, 0.25) is 5.95 Å². The molecule has 1 aromatic heterocycles. The maximum absolute atomic E-state index is 7.41.